The van der Waals surface area contributed by atoms with Gasteiger partial charge in [0.25, 0.3) is 0 Å². The average Bonchev–Trinajstić information content (AvgIpc) is 3.17. The van der Waals surface area contributed by atoms with E-state index in [9.17, 15) is 23.7 Å². The zero-order valence-electron chi connectivity index (χ0n) is 15.0. The standard InChI is InChI=1S/C19H21NO6S2/c1-12-17(21)19(23)18(22)15(26-12)11-20-28(24,25)16-10-9-14(27-16)8-7-13-5-3-2-4-6-13/h2-6,9-10,12,15,17-23H,11H2,1H3/t12?,15-,17-,18?,19?/m1/s1. The van der Waals surface area contributed by atoms with Gasteiger partial charge in [0, 0.05) is 12.1 Å². The predicted molar refractivity (Wildman–Crippen MR) is 104 cm³/mol. The summed E-state index contributed by atoms with van der Waals surface area (Å²) < 4.78 is 32.9. The van der Waals surface area contributed by atoms with Crippen molar-refractivity contribution in [3.63, 3.8) is 0 Å². The van der Waals surface area contributed by atoms with Gasteiger partial charge in [0.2, 0.25) is 10.0 Å². The molecule has 1 fully saturated rings. The minimum atomic E-state index is -3.83. The Bertz CT molecular complexity index is 963. The maximum Gasteiger partial charge on any atom is 0.250 e. The minimum Gasteiger partial charge on any atom is -0.388 e. The van der Waals surface area contributed by atoms with Gasteiger partial charge in [-0.2, -0.15) is 0 Å². The number of nitrogens with one attached hydrogen (secondary N) is 1. The zero-order chi connectivity index (χ0) is 20.3. The summed E-state index contributed by atoms with van der Waals surface area (Å²) in [5.41, 5.74) is 0.830. The second-order valence-corrected chi connectivity index (χ2v) is 9.52. The average molecular weight is 424 g/mol. The van der Waals surface area contributed by atoms with Crippen molar-refractivity contribution < 1.29 is 28.5 Å². The van der Waals surface area contributed by atoms with E-state index in [0.717, 1.165) is 16.9 Å². The van der Waals surface area contributed by atoms with Gasteiger partial charge < -0.3 is 20.1 Å². The molecule has 0 radical (unpaired) electrons. The van der Waals surface area contributed by atoms with Crippen LogP contribution in [0, 0.1) is 11.8 Å². The van der Waals surface area contributed by atoms with Crippen LogP contribution < -0.4 is 4.72 Å². The van der Waals surface area contributed by atoms with Crippen LogP contribution in [0.2, 0.25) is 0 Å². The molecule has 150 valence electrons. The lowest BCUT2D eigenvalue weighted by Gasteiger charge is -2.39. The third-order valence-corrected chi connectivity index (χ3v) is 7.29. The quantitative estimate of drug-likeness (QED) is 0.526. The molecule has 1 aliphatic rings. The lowest BCUT2D eigenvalue weighted by Crippen LogP contribution is -2.59. The van der Waals surface area contributed by atoms with Gasteiger partial charge in [0.1, 0.15) is 28.6 Å². The number of hydrogen-bond acceptors (Lipinski definition) is 7. The Morgan fingerprint density at radius 1 is 1.04 bits per heavy atom. The molecule has 0 bridgehead atoms. The van der Waals surface area contributed by atoms with Crippen LogP contribution in [0.4, 0.5) is 0 Å². The van der Waals surface area contributed by atoms with Gasteiger partial charge in [-0.3, -0.25) is 0 Å². The monoisotopic (exact) mass is 423 g/mol. The molecule has 4 N–H and O–H groups in total. The van der Waals surface area contributed by atoms with Crippen LogP contribution in [0.1, 0.15) is 17.4 Å². The molecular formula is C19H21NO6S2. The second-order valence-electron chi connectivity index (χ2n) is 6.44. The fourth-order valence-electron chi connectivity index (χ4n) is 2.76. The Morgan fingerprint density at radius 3 is 2.46 bits per heavy atom. The van der Waals surface area contributed by atoms with Gasteiger partial charge in [-0.05, 0) is 31.2 Å². The largest absolute Gasteiger partial charge is 0.388 e. The smallest absolute Gasteiger partial charge is 0.250 e. The molecular weight excluding hydrogens is 402 g/mol. The fraction of sp³-hybridized carbons (Fsp3) is 0.368. The molecule has 1 saturated heterocycles. The second kappa shape index (κ2) is 8.71. The Hall–Kier alpha value is -1.77. The number of aliphatic hydroxyl groups excluding tert-OH is 3. The zero-order valence-corrected chi connectivity index (χ0v) is 16.7. The summed E-state index contributed by atoms with van der Waals surface area (Å²) in [6, 6.07) is 12.4. The summed E-state index contributed by atoms with van der Waals surface area (Å²) >= 11 is 1.03. The van der Waals surface area contributed by atoms with Gasteiger partial charge in [0.15, 0.2) is 0 Å². The summed E-state index contributed by atoms with van der Waals surface area (Å²) in [5, 5.41) is 29.5. The Balaban J connectivity index is 1.66. The van der Waals surface area contributed by atoms with Crippen molar-refractivity contribution in [2.45, 2.75) is 41.7 Å². The Morgan fingerprint density at radius 2 is 1.75 bits per heavy atom. The highest BCUT2D eigenvalue weighted by molar-refractivity contribution is 7.91. The summed E-state index contributed by atoms with van der Waals surface area (Å²) in [6.45, 7) is 1.30. The van der Waals surface area contributed by atoms with Gasteiger partial charge in [0.05, 0.1) is 11.0 Å². The molecule has 9 heteroatoms. The Labute approximate surface area is 167 Å². The SMILES string of the molecule is CC1O[C@H](CNS(=O)(=O)c2ccc(C#Cc3ccccc3)s2)C(O)C(O)[C@@H]1O. The van der Waals surface area contributed by atoms with E-state index in [0.29, 0.717) is 4.88 Å². The van der Waals surface area contributed by atoms with Crippen LogP contribution in [0.3, 0.4) is 0 Å². The van der Waals surface area contributed by atoms with Gasteiger partial charge >= 0.3 is 0 Å². The van der Waals surface area contributed by atoms with Crippen molar-refractivity contribution in [1.29, 1.82) is 0 Å². The molecule has 5 atom stereocenters. The molecule has 1 aliphatic heterocycles. The lowest BCUT2D eigenvalue weighted by atomic mass is 9.96. The molecule has 2 heterocycles. The molecule has 3 unspecified atom stereocenters. The minimum absolute atomic E-state index is 0.0868. The normalized spacial score (nSPS) is 27.8. The van der Waals surface area contributed by atoms with Crippen molar-refractivity contribution in [1.82, 2.24) is 4.72 Å². The maximum absolute atomic E-state index is 12.5. The van der Waals surface area contributed by atoms with Crippen molar-refractivity contribution in [2.75, 3.05) is 6.54 Å². The molecule has 0 aliphatic carbocycles. The van der Waals surface area contributed by atoms with E-state index in [4.69, 9.17) is 4.74 Å². The van der Waals surface area contributed by atoms with Crippen molar-refractivity contribution in [3.8, 4) is 11.8 Å². The van der Waals surface area contributed by atoms with Crippen molar-refractivity contribution in [3.05, 3.63) is 52.9 Å². The van der Waals surface area contributed by atoms with Gasteiger partial charge in [-0.25, -0.2) is 13.1 Å². The first-order chi connectivity index (χ1) is 13.3. The van der Waals surface area contributed by atoms with E-state index >= 15 is 0 Å². The summed E-state index contributed by atoms with van der Waals surface area (Å²) in [7, 11) is -3.83. The van der Waals surface area contributed by atoms with Crippen LogP contribution in [0.5, 0.6) is 0 Å². The fourth-order valence-corrected chi connectivity index (χ4v) is 5.00. The highest BCUT2D eigenvalue weighted by Gasteiger charge is 2.41. The maximum atomic E-state index is 12.5. The number of rotatable bonds is 4. The molecule has 0 spiro atoms. The number of sulfonamides is 1. The van der Waals surface area contributed by atoms with E-state index in [2.05, 4.69) is 16.6 Å². The van der Waals surface area contributed by atoms with Crippen LogP contribution in [-0.4, -0.2) is 60.8 Å². The van der Waals surface area contributed by atoms with Crippen LogP contribution in [0.25, 0.3) is 0 Å². The van der Waals surface area contributed by atoms with E-state index in [1.165, 1.54) is 13.0 Å². The third kappa shape index (κ3) is 4.79. The predicted octanol–water partition coefficient (Wildman–Crippen LogP) is 0.296. The van der Waals surface area contributed by atoms with Crippen LogP contribution in [0.15, 0.2) is 46.7 Å². The molecule has 1 aromatic carbocycles. The first-order valence-corrected chi connectivity index (χ1v) is 10.9. The number of hydrogen-bond donors (Lipinski definition) is 4. The van der Waals surface area contributed by atoms with Crippen LogP contribution >= 0.6 is 11.3 Å². The molecule has 1 aromatic heterocycles. The molecule has 0 amide bonds. The molecule has 2 aromatic rings. The van der Waals surface area contributed by atoms with Crippen molar-refractivity contribution in [2.24, 2.45) is 0 Å². The van der Waals surface area contributed by atoms with Crippen molar-refractivity contribution >= 4 is 21.4 Å². The summed E-state index contributed by atoms with van der Waals surface area (Å²) in [4.78, 5) is 0.602. The number of benzene rings is 1. The first-order valence-electron chi connectivity index (χ1n) is 8.64. The van der Waals surface area contributed by atoms with Crippen LogP contribution in [-0.2, 0) is 14.8 Å². The summed E-state index contributed by atoms with van der Waals surface area (Å²) in [5.74, 6) is 5.90. The van der Waals surface area contributed by atoms with E-state index in [1.54, 1.807) is 6.07 Å². The summed E-state index contributed by atoms with van der Waals surface area (Å²) in [6.07, 6.45) is -5.73. The van der Waals surface area contributed by atoms with E-state index < -0.39 is 40.5 Å². The molecule has 28 heavy (non-hydrogen) atoms. The topological polar surface area (TPSA) is 116 Å². The highest BCUT2D eigenvalue weighted by atomic mass is 32.2. The van der Waals surface area contributed by atoms with Gasteiger partial charge in [-0.1, -0.05) is 30.0 Å². The number of ether oxygens (including phenoxy) is 1. The lowest BCUT2D eigenvalue weighted by molar-refractivity contribution is -0.214. The first kappa shape index (κ1) is 21.0. The Kier molecular flexibility index (Phi) is 6.52. The number of thiophene rings is 1. The molecule has 0 saturated carbocycles. The van der Waals surface area contributed by atoms with Gasteiger partial charge in [-0.15, -0.1) is 11.3 Å². The third-order valence-electron chi connectivity index (χ3n) is 4.38. The number of aliphatic hydroxyl groups is 3. The molecule has 3 rings (SSSR count). The highest BCUT2D eigenvalue weighted by Crippen LogP contribution is 2.23. The van der Waals surface area contributed by atoms with E-state index in [1.807, 2.05) is 30.3 Å². The van der Waals surface area contributed by atoms with E-state index in [-0.39, 0.29) is 10.8 Å². The molecule has 7 nitrogen and oxygen atoms in total.